The Morgan fingerprint density at radius 1 is 1.00 bits per heavy atom. The predicted octanol–water partition coefficient (Wildman–Crippen LogP) is 4.74. The van der Waals surface area contributed by atoms with Gasteiger partial charge in [-0.05, 0) is 35.7 Å². The van der Waals surface area contributed by atoms with E-state index in [0.717, 1.165) is 12.0 Å². The fourth-order valence-electron chi connectivity index (χ4n) is 1.91. The van der Waals surface area contributed by atoms with Crippen molar-refractivity contribution in [3.63, 3.8) is 0 Å². The van der Waals surface area contributed by atoms with E-state index in [9.17, 15) is 4.79 Å². The molecule has 0 aromatic heterocycles. The average molecular weight is 293 g/mol. The summed E-state index contributed by atoms with van der Waals surface area (Å²) in [5.41, 5.74) is 1.97. The van der Waals surface area contributed by atoms with E-state index in [4.69, 9.17) is 23.2 Å². The molecule has 0 heterocycles. The van der Waals surface area contributed by atoms with Crippen molar-refractivity contribution >= 4 is 29.0 Å². The fourth-order valence-corrected chi connectivity index (χ4v) is 2.29. The quantitative estimate of drug-likeness (QED) is 0.778. The highest BCUT2D eigenvalue weighted by molar-refractivity contribution is 6.33. The molecule has 0 N–H and O–H groups in total. The number of benzene rings is 2. The van der Waals surface area contributed by atoms with Gasteiger partial charge in [0.25, 0.3) is 0 Å². The zero-order valence-corrected chi connectivity index (χ0v) is 11.9. The van der Waals surface area contributed by atoms with Crippen LogP contribution in [0.4, 0.5) is 0 Å². The number of ketones is 1. The molecule has 0 atom stereocenters. The van der Waals surface area contributed by atoms with E-state index in [1.165, 1.54) is 5.56 Å². The number of hydrogen-bond acceptors (Lipinski definition) is 1. The van der Waals surface area contributed by atoms with E-state index in [-0.39, 0.29) is 5.78 Å². The second-order valence-corrected chi connectivity index (χ2v) is 5.28. The summed E-state index contributed by atoms with van der Waals surface area (Å²) in [6.07, 6.45) is 1.62. The van der Waals surface area contributed by atoms with Crippen LogP contribution in [-0.2, 0) is 17.6 Å². The van der Waals surface area contributed by atoms with Crippen molar-refractivity contribution in [1.82, 2.24) is 0 Å². The van der Waals surface area contributed by atoms with Crippen molar-refractivity contribution in [1.29, 1.82) is 0 Å². The third kappa shape index (κ3) is 4.38. The molecule has 0 aliphatic rings. The number of aryl methyl sites for hydroxylation is 1. The minimum atomic E-state index is 0.174. The minimum Gasteiger partial charge on any atom is -0.299 e. The molecule has 1 nitrogen and oxygen atoms in total. The van der Waals surface area contributed by atoms with Crippen LogP contribution in [0.25, 0.3) is 0 Å². The maximum Gasteiger partial charge on any atom is 0.137 e. The standard InChI is InChI=1S/C16H14Cl2O/c17-14-7-9-16(18)13(10-14)11-15(19)8-6-12-4-2-1-3-5-12/h1-5,7,9-10H,6,8,11H2. The molecule has 0 aliphatic carbocycles. The summed E-state index contributed by atoms with van der Waals surface area (Å²) in [6, 6.07) is 15.2. The van der Waals surface area contributed by atoms with E-state index in [2.05, 4.69) is 0 Å². The summed E-state index contributed by atoms with van der Waals surface area (Å²) in [6.45, 7) is 0. The van der Waals surface area contributed by atoms with Crippen LogP contribution in [0.2, 0.25) is 10.0 Å². The molecule has 3 heteroatoms. The van der Waals surface area contributed by atoms with Gasteiger partial charge in [-0.15, -0.1) is 0 Å². The number of hydrogen-bond donors (Lipinski definition) is 0. The van der Waals surface area contributed by atoms with Gasteiger partial charge in [0.15, 0.2) is 0 Å². The van der Waals surface area contributed by atoms with Crippen molar-refractivity contribution < 1.29 is 4.79 Å². The summed E-state index contributed by atoms with van der Waals surface area (Å²) >= 11 is 11.9. The van der Waals surface area contributed by atoms with Gasteiger partial charge in [-0.3, -0.25) is 4.79 Å². The third-order valence-corrected chi connectivity index (χ3v) is 3.53. The fraction of sp³-hybridized carbons (Fsp3) is 0.188. The van der Waals surface area contributed by atoms with E-state index >= 15 is 0 Å². The second-order valence-electron chi connectivity index (χ2n) is 4.44. The molecule has 0 saturated carbocycles. The molecule has 0 radical (unpaired) electrons. The van der Waals surface area contributed by atoms with Gasteiger partial charge in [0.1, 0.15) is 5.78 Å². The lowest BCUT2D eigenvalue weighted by molar-refractivity contribution is -0.118. The maximum absolute atomic E-state index is 11.9. The molecule has 0 bridgehead atoms. The van der Waals surface area contributed by atoms with Gasteiger partial charge in [0, 0.05) is 22.9 Å². The summed E-state index contributed by atoms with van der Waals surface area (Å²) < 4.78 is 0. The Hall–Kier alpha value is -1.31. The van der Waals surface area contributed by atoms with Gasteiger partial charge < -0.3 is 0 Å². The van der Waals surface area contributed by atoms with Gasteiger partial charge in [-0.25, -0.2) is 0 Å². The van der Waals surface area contributed by atoms with Crippen LogP contribution in [0.5, 0.6) is 0 Å². The topological polar surface area (TPSA) is 17.1 Å². The first-order valence-electron chi connectivity index (χ1n) is 6.15. The van der Waals surface area contributed by atoms with Crippen LogP contribution < -0.4 is 0 Å². The first-order valence-corrected chi connectivity index (χ1v) is 6.90. The molecule has 0 unspecified atom stereocenters. The Morgan fingerprint density at radius 2 is 1.74 bits per heavy atom. The van der Waals surface area contributed by atoms with Crippen LogP contribution >= 0.6 is 23.2 Å². The molecular formula is C16H14Cl2O. The zero-order valence-electron chi connectivity index (χ0n) is 10.4. The molecular weight excluding hydrogens is 279 g/mol. The lowest BCUT2D eigenvalue weighted by Gasteiger charge is -2.05. The van der Waals surface area contributed by atoms with E-state index < -0.39 is 0 Å². The molecule has 0 spiro atoms. The van der Waals surface area contributed by atoms with Gasteiger partial charge in [-0.1, -0.05) is 53.5 Å². The van der Waals surface area contributed by atoms with Crippen LogP contribution in [-0.4, -0.2) is 5.78 Å². The number of halogens is 2. The van der Waals surface area contributed by atoms with Crippen LogP contribution in [0.15, 0.2) is 48.5 Å². The van der Waals surface area contributed by atoms with Crippen molar-refractivity contribution in [2.75, 3.05) is 0 Å². The maximum atomic E-state index is 11.9. The highest BCUT2D eigenvalue weighted by Gasteiger charge is 2.08. The molecule has 0 fully saturated rings. The molecule has 0 saturated heterocycles. The van der Waals surface area contributed by atoms with Crippen molar-refractivity contribution in [3.05, 3.63) is 69.7 Å². The molecule has 2 aromatic carbocycles. The Labute approximate surface area is 123 Å². The lowest BCUT2D eigenvalue weighted by Crippen LogP contribution is -2.04. The Bertz CT molecular complexity index is 564. The van der Waals surface area contributed by atoms with Crippen molar-refractivity contribution in [3.8, 4) is 0 Å². The van der Waals surface area contributed by atoms with Gasteiger partial charge in [0.2, 0.25) is 0 Å². The minimum absolute atomic E-state index is 0.174. The second kappa shape index (κ2) is 6.74. The van der Waals surface area contributed by atoms with Crippen LogP contribution in [0.3, 0.4) is 0 Å². The largest absolute Gasteiger partial charge is 0.299 e. The Kier molecular flexibility index (Phi) is 5.00. The first-order chi connectivity index (χ1) is 9.15. The average Bonchev–Trinajstić information content (AvgIpc) is 2.42. The monoisotopic (exact) mass is 292 g/mol. The number of rotatable bonds is 5. The molecule has 2 aromatic rings. The molecule has 2 rings (SSSR count). The zero-order chi connectivity index (χ0) is 13.7. The Morgan fingerprint density at radius 3 is 2.47 bits per heavy atom. The van der Waals surface area contributed by atoms with E-state index in [1.54, 1.807) is 18.2 Å². The number of carbonyl (C=O) groups excluding carboxylic acids is 1. The molecule has 0 amide bonds. The van der Waals surface area contributed by atoms with Crippen LogP contribution in [0.1, 0.15) is 17.5 Å². The SMILES string of the molecule is O=C(CCc1ccccc1)Cc1cc(Cl)ccc1Cl. The summed E-state index contributed by atoms with van der Waals surface area (Å²) in [5, 5.41) is 1.20. The highest BCUT2D eigenvalue weighted by Crippen LogP contribution is 2.21. The first kappa shape index (κ1) is 14.1. The van der Waals surface area contributed by atoms with E-state index in [0.29, 0.717) is 22.9 Å². The summed E-state index contributed by atoms with van der Waals surface area (Å²) in [7, 11) is 0. The van der Waals surface area contributed by atoms with Crippen LogP contribution in [0, 0.1) is 0 Å². The van der Waals surface area contributed by atoms with Crippen molar-refractivity contribution in [2.45, 2.75) is 19.3 Å². The predicted molar refractivity (Wildman–Crippen MR) is 79.9 cm³/mol. The number of carbonyl (C=O) groups is 1. The Balaban J connectivity index is 1.93. The lowest BCUT2D eigenvalue weighted by atomic mass is 10.0. The summed E-state index contributed by atoms with van der Waals surface area (Å²) in [4.78, 5) is 11.9. The van der Waals surface area contributed by atoms with Gasteiger partial charge in [0.05, 0.1) is 0 Å². The summed E-state index contributed by atoms with van der Waals surface area (Å²) in [5.74, 6) is 0.174. The highest BCUT2D eigenvalue weighted by atomic mass is 35.5. The third-order valence-electron chi connectivity index (χ3n) is 2.93. The van der Waals surface area contributed by atoms with Crippen molar-refractivity contribution in [2.24, 2.45) is 0 Å². The van der Waals surface area contributed by atoms with Gasteiger partial charge in [-0.2, -0.15) is 0 Å². The smallest absolute Gasteiger partial charge is 0.137 e. The normalized spacial score (nSPS) is 10.4. The molecule has 0 aliphatic heterocycles. The van der Waals surface area contributed by atoms with Gasteiger partial charge >= 0.3 is 0 Å². The van der Waals surface area contributed by atoms with E-state index in [1.807, 2.05) is 30.3 Å². The molecule has 98 valence electrons. The molecule has 19 heavy (non-hydrogen) atoms. The number of Topliss-reactive ketones (excluding diaryl/α,β-unsaturated/α-hetero) is 1.